The van der Waals surface area contributed by atoms with Gasteiger partial charge in [-0.05, 0) is 26.0 Å². The molecule has 1 aromatic carbocycles. The third-order valence-corrected chi connectivity index (χ3v) is 3.90. The highest BCUT2D eigenvalue weighted by Crippen LogP contribution is 2.35. The van der Waals surface area contributed by atoms with Crippen LogP contribution in [0.3, 0.4) is 0 Å². The van der Waals surface area contributed by atoms with Crippen LogP contribution in [0.4, 0.5) is 0 Å². The molecule has 0 bridgehead atoms. The van der Waals surface area contributed by atoms with Crippen LogP contribution >= 0.6 is 15.9 Å². The number of nitrogens with zero attached hydrogens (tertiary/aromatic N) is 1. The van der Waals surface area contributed by atoms with Gasteiger partial charge in [-0.1, -0.05) is 22.0 Å². The first-order valence-electron chi connectivity index (χ1n) is 5.74. The molecule has 0 aliphatic carbocycles. The van der Waals surface area contributed by atoms with E-state index in [0.717, 1.165) is 27.6 Å². The molecule has 0 aliphatic rings. The maximum atomic E-state index is 11.2. The highest BCUT2D eigenvalue weighted by Gasteiger charge is 2.24. The zero-order valence-electron chi connectivity index (χ0n) is 10.3. The lowest BCUT2D eigenvalue weighted by Gasteiger charge is -2.08. The molecule has 0 fully saturated rings. The maximum absolute atomic E-state index is 11.2. The molecule has 1 heterocycles. The van der Waals surface area contributed by atoms with Crippen LogP contribution in [0.1, 0.15) is 24.2 Å². The molecule has 96 valence electrons. The van der Waals surface area contributed by atoms with Gasteiger partial charge in [0.25, 0.3) is 0 Å². The number of aryl methyl sites for hydroxylation is 1. The largest absolute Gasteiger partial charge is 0.480 e. The molecule has 0 amide bonds. The number of halogens is 1. The molecule has 2 rings (SSSR count). The Labute approximate surface area is 114 Å². The maximum Gasteiger partial charge on any atom is 0.325 e. The number of hydrogen-bond acceptors (Lipinski definition) is 2. The van der Waals surface area contributed by atoms with Crippen molar-refractivity contribution >= 4 is 32.8 Å². The molecule has 5 heteroatoms. The minimum absolute atomic E-state index is 0.687. The van der Waals surface area contributed by atoms with Crippen molar-refractivity contribution in [3.8, 4) is 0 Å². The summed E-state index contributed by atoms with van der Waals surface area (Å²) in [4.78, 5) is 11.2. The SMILES string of the molecule is CCn1c(C)c(C(N)C(=O)O)c2c(Br)cccc21. The highest BCUT2D eigenvalue weighted by molar-refractivity contribution is 9.10. The van der Waals surface area contributed by atoms with Crippen molar-refractivity contribution in [2.45, 2.75) is 26.4 Å². The molecule has 3 N–H and O–H groups in total. The number of benzene rings is 1. The van der Waals surface area contributed by atoms with E-state index in [1.54, 1.807) is 0 Å². The molecule has 0 aliphatic heterocycles. The lowest BCUT2D eigenvalue weighted by Crippen LogP contribution is -2.21. The van der Waals surface area contributed by atoms with Crippen molar-refractivity contribution in [1.82, 2.24) is 4.57 Å². The van der Waals surface area contributed by atoms with Crippen LogP contribution in [0.2, 0.25) is 0 Å². The molecule has 0 spiro atoms. The molecule has 1 atom stereocenters. The summed E-state index contributed by atoms with van der Waals surface area (Å²) in [5.41, 5.74) is 8.42. The lowest BCUT2D eigenvalue weighted by atomic mass is 10.0. The van der Waals surface area contributed by atoms with Crippen LogP contribution in [-0.4, -0.2) is 15.6 Å². The van der Waals surface area contributed by atoms with E-state index < -0.39 is 12.0 Å². The van der Waals surface area contributed by atoms with E-state index in [9.17, 15) is 4.79 Å². The Morgan fingerprint density at radius 1 is 1.56 bits per heavy atom. The third-order valence-electron chi connectivity index (χ3n) is 3.24. The third kappa shape index (κ3) is 1.83. The highest BCUT2D eigenvalue weighted by atomic mass is 79.9. The zero-order chi connectivity index (χ0) is 13.4. The van der Waals surface area contributed by atoms with Crippen molar-refractivity contribution in [2.24, 2.45) is 5.73 Å². The lowest BCUT2D eigenvalue weighted by molar-refractivity contribution is -0.138. The van der Waals surface area contributed by atoms with Crippen molar-refractivity contribution < 1.29 is 9.90 Å². The van der Waals surface area contributed by atoms with Gasteiger partial charge in [0.15, 0.2) is 0 Å². The molecule has 0 saturated heterocycles. The minimum atomic E-state index is -1.01. The predicted molar refractivity (Wildman–Crippen MR) is 74.6 cm³/mol. The number of hydrogen-bond donors (Lipinski definition) is 2. The fraction of sp³-hybridized carbons (Fsp3) is 0.308. The first-order chi connectivity index (χ1) is 8.49. The first-order valence-corrected chi connectivity index (χ1v) is 6.53. The molecular weight excluding hydrogens is 296 g/mol. The number of carboxylic acids is 1. The Balaban J connectivity index is 2.87. The van der Waals surface area contributed by atoms with Crippen LogP contribution in [0, 0.1) is 6.92 Å². The molecular formula is C13H15BrN2O2. The molecule has 18 heavy (non-hydrogen) atoms. The van der Waals surface area contributed by atoms with Gasteiger partial charge in [0.1, 0.15) is 6.04 Å². The average molecular weight is 311 g/mol. The number of nitrogens with two attached hydrogens (primary N) is 1. The summed E-state index contributed by atoms with van der Waals surface area (Å²) in [6.07, 6.45) is 0. The molecule has 4 nitrogen and oxygen atoms in total. The van der Waals surface area contributed by atoms with E-state index in [2.05, 4.69) is 20.5 Å². The van der Waals surface area contributed by atoms with E-state index >= 15 is 0 Å². The van der Waals surface area contributed by atoms with E-state index in [0.29, 0.717) is 5.56 Å². The molecule has 2 aromatic rings. The molecule has 1 aromatic heterocycles. The van der Waals surface area contributed by atoms with Crippen molar-refractivity contribution in [3.05, 3.63) is 33.9 Å². The molecule has 0 radical (unpaired) electrons. The van der Waals surface area contributed by atoms with Gasteiger partial charge in [-0.15, -0.1) is 0 Å². The minimum Gasteiger partial charge on any atom is -0.480 e. The van der Waals surface area contributed by atoms with Gasteiger partial charge < -0.3 is 15.4 Å². The van der Waals surface area contributed by atoms with Gasteiger partial charge in [-0.25, -0.2) is 0 Å². The normalized spacial score (nSPS) is 12.9. The van der Waals surface area contributed by atoms with E-state index in [-0.39, 0.29) is 0 Å². The number of fused-ring (bicyclic) bond motifs is 1. The summed E-state index contributed by atoms with van der Waals surface area (Å²) in [6, 6.07) is 4.82. The summed E-state index contributed by atoms with van der Waals surface area (Å²) in [6.45, 7) is 4.72. The quantitative estimate of drug-likeness (QED) is 0.916. The predicted octanol–water partition coefficient (Wildman–Crippen LogP) is 2.82. The summed E-state index contributed by atoms with van der Waals surface area (Å²) in [5.74, 6) is -1.01. The van der Waals surface area contributed by atoms with Crippen LogP contribution < -0.4 is 5.73 Å². The van der Waals surface area contributed by atoms with Gasteiger partial charge in [0, 0.05) is 33.2 Å². The smallest absolute Gasteiger partial charge is 0.325 e. The average Bonchev–Trinajstić information content (AvgIpc) is 2.61. The summed E-state index contributed by atoms with van der Waals surface area (Å²) in [5, 5.41) is 10.0. The fourth-order valence-electron chi connectivity index (χ4n) is 2.42. The summed E-state index contributed by atoms with van der Waals surface area (Å²) in [7, 11) is 0. The Hall–Kier alpha value is -1.33. The first kappa shape index (κ1) is 13.1. The standard InChI is InChI=1S/C13H15BrN2O2/c1-3-16-7(2)10(12(15)13(17)18)11-8(14)5-4-6-9(11)16/h4-6,12H,3,15H2,1-2H3,(H,17,18). The number of rotatable bonds is 3. The van der Waals surface area contributed by atoms with E-state index in [4.69, 9.17) is 10.8 Å². The van der Waals surface area contributed by atoms with Crippen LogP contribution in [0.25, 0.3) is 10.9 Å². The zero-order valence-corrected chi connectivity index (χ0v) is 11.9. The van der Waals surface area contributed by atoms with Crippen LogP contribution in [-0.2, 0) is 11.3 Å². The van der Waals surface area contributed by atoms with Crippen LogP contribution in [0.5, 0.6) is 0 Å². The van der Waals surface area contributed by atoms with Gasteiger partial charge in [0.2, 0.25) is 0 Å². The van der Waals surface area contributed by atoms with E-state index in [1.165, 1.54) is 0 Å². The number of aliphatic carboxylic acids is 1. The topological polar surface area (TPSA) is 68.2 Å². The number of carbonyl (C=O) groups is 1. The second-order valence-electron chi connectivity index (χ2n) is 4.19. The van der Waals surface area contributed by atoms with Gasteiger partial charge in [-0.3, -0.25) is 4.79 Å². The summed E-state index contributed by atoms with van der Waals surface area (Å²) >= 11 is 3.48. The Morgan fingerprint density at radius 3 is 2.78 bits per heavy atom. The monoisotopic (exact) mass is 310 g/mol. The van der Waals surface area contributed by atoms with Crippen molar-refractivity contribution in [2.75, 3.05) is 0 Å². The van der Waals surface area contributed by atoms with Crippen molar-refractivity contribution in [1.29, 1.82) is 0 Å². The fourth-order valence-corrected chi connectivity index (χ4v) is 2.99. The van der Waals surface area contributed by atoms with Gasteiger partial charge >= 0.3 is 5.97 Å². The van der Waals surface area contributed by atoms with E-state index in [1.807, 2.05) is 32.0 Å². The second-order valence-corrected chi connectivity index (χ2v) is 5.05. The van der Waals surface area contributed by atoms with Crippen LogP contribution in [0.15, 0.2) is 22.7 Å². The van der Waals surface area contributed by atoms with Gasteiger partial charge in [-0.2, -0.15) is 0 Å². The van der Waals surface area contributed by atoms with Crippen molar-refractivity contribution in [3.63, 3.8) is 0 Å². The Morgan fingerprint density at radius 2 is 2.22 bits per heavy atom. The number of aromatic nitrogens is 1. The molecule has 1 unspecified atom stereocenters. The number of carboxylic acid groups (broad SMARTS) is 1. The second kappa shape index (κ2) is 4.74. The summed E-state index contributed by atoms with van der Waals surface area (Å²) < 4.78 is 2.96. The van der Waals surface area contributed by atoms with Gasteiger partial charge in [0.05, 0.1) is 0 Å². The Kier molecular flexibility index (Phi) is 3.45. The Bertz CT molecular complexity index is 619. The molecule has 0 saturated carbocycles.